The van der Waals surface area contributed by atoms with Gasteiger partial charge in [-0.2, -0.15) is 13.2 Å². The molecule has 4 nitrogen and oxygen atoms in total. The fourth-order valence-corrected chi connectivity index (χ4v) is 1.64. The van der Waals surface area contributed by atoms with Crippen LogP contribution < -0.4 is 5.32 Å². The lowest BCUT2D eigenvalue weighted by Crippen LogP contribution is -2.14. The highest BCUT2D eigenvalue weighted by Gasteiger charge is 2.38. The van der Waals surface area contributed by atoms with Gasteiger partial charge in [0.05, 0.1) is 0 Å². The van der Waals surface area contributed by atoms with Crippen LogP contribution in [0.2, 0.25) is 0 Å². The molecule has 1 saturated carbocycles. The summed E-state index contributed by atoms with van der Waals surface area (Å²) in [5, 5.41) is 9.02. The summed E-state index contributed by atoms with van der Waals surface area (Å²) in [6, 6.07) is 0.0146. The van der Waals surface area contributed by atoms with Crippen LogP contribution in [0.5, 0.6) is 0 Å². The highest BCUT2D eigenvalue weighted by atomic mass is 19.4. The smallest absolute Gasteiger partial charge is 0.399 e. The summed E-state index contributed by atoms with van der Waals surface area (Å²) in [6.07, 6.45) is -0.536. The lowest BCUT2D eigenvalue weighted by atomic mass is 10.3. The minimum Gasteiger partial charge on any atom is -0.399 e. The second-order valence-electron chi connectivity index (χ2n) is 3.54. The summed E-state index contributed by atoms with van der Waals surface area (Å²) in [5.41, 5.74) is 0. The van der Waals surface area contributed by atoms with Gasteiger partial charge in [-0.25, -0.2) is 0 Å². The Morgan fingerprint density at radius 1 is 1.20 bits per heavy atom. The first-order chi connectivity index (χ1) is 7.05. The predicted molar refractivity (Wildman–Crippen MR) is 45.2 cm³/mol. The van der Waals surface area contributed by atoms with Crippen LogP contribution in [-0.4, -0.2) is 16.2 Å². The van der Waals surface area contributed by atoms with Gasteiger partial charge >= 0.3 is 18.1 Å². The molecule has 0 radical (unpaired) electrons. The fraction of sp³-hybridized carbons (Fsp3) is 0.750. The van der Waals surface area contributed by atoms with Crippen molar-refractivity contribution in [3.05, 3.63) is 5.89 Å². The second kappa shape index (κ2) is 3.71. The molecule has 15 heavy (non-hydrogen) atoms. The Kier molecular flexibility index (Phi) is 2.54. The van der Waals surface area contributed by atoms with E-state index in [0.717, 1.165) is 25.7 Å². The molecule has 0 aromatic carbocycles. The lowest BCUT2D eigenvalue weighted by Gasteiger charge is -2.07. The maximum absolute atomic E-state index is 12.1. The largest absolute Gasteiger partial charge is 0.470 e. The SMILES string of the molecule is FC(F)(F)c1nnc(NC2CCCC2)o1. The number of rotatable bonds is 2. The summed E-state index contributed by atoms with van der Waals surface area (Å²) in [5.74, 6) is -1.30. The average Bonchev–Trinajstić information content (AvgIpc) is 2.73. The van der Waals surface area contributed by atoms with E-state index in [4.69, 9.17) is 0 Å². The van der Waals surface area contributed by atoms with Crippen molar-refractivity contribution in [3.8, 4) is 0 Å². The summed E-state index contributed by atoms with van der Waals surface area (Å²) in [7, 11) is 0. The molecule has 1 N–H and O–H groups in total. The van der Waals surface area contributed by atoms with E-state index in [1.807, 2.05) is 0 Å². The number of anilines is 1. The summed E-state index contributed by atoms with van der Waals surface area (Å²) in [4.78, 5) is 0. The Balaban J connectivity index is 2.00. The van der Waals surface area contributed by atoms with Crippen molar-refractivity contribution < 1.29 is 17.6 Å². The van der Waals surface area contributed by atoms with Crippen LogP contribution in [-0.2, 0) is 6.18 Å². The van der Waals surface area contributed by atoms with Crippen molar-refractivity contribution in [1.29, 1.82) is 0 Å². The van der Waals surface area contributed by atoms with E-state index in [1.165, 1.54) is 0 Å². The van der Waals surface area contributed by atoms with E-state index < -0.39 is 12.1 Å². The van der Waals surface area contributed by atoms with E-state index in [-0.39, 0.29) is 12.1 Å². The topological polar surface area (TPSA) is 51.0 Å². The predicted octanol–water partition coefficient (Wildman–Crippen LogP) is 2.44. The Morgan fingerprint density at radius 3 is 2.40 bits per heavy atom. The molecule has 0 amide bonds. The van der Waals surface area contributed by atoms with Gasteiger partial charge in [0.15, 0.2) is 0 Å². The molecule has 0 saturated heterocycles. The molecule has 1 aliphatic rings. The van der Waals surface area contributed by atoms with Crippen molar-refractivity contribution in [2.75, 3.05) is 5.32 Å². The molecule has 0 spiro atoms. The molecule has 1 aromatic heterocycles. The quantitative estimate of drug-likeness (QED) is 0.833. The molecule has 2 rings (SSSR count). The minimum absolute atomic E-state index is 0.144. The third-order valence-corrected chi connectivity index (χ3v) is 2.35. The Labute approximate surface area is 83.9 Å². The second-order valence-corrected chi connectivity index (χ2v) is 3.54. The van der Waals surface area contributed by atoms with E-state index >= 15 is 0 Å². The molecule has 0 unspecified atom stereocenters. The van der Waals surface area contributed by atoms with Crippen LogP contribution in [0.25, 0.3) is 0 Å². The van der Waals surface area contributed by atoms with Crippen LogP contribution in [0.3, 0.4) is 0 Å². The van der Waals surface area contributed by atoms with Gasteiger partial charge in [0, 0.05) is 6.04 Å². The monoisotopic (exact) mass is 221 g/mol. The van der Waals surface area contributed by atoms with E-state index in [0.29, 0.717) is 0 Å². The third-order valence-electron chi connectivity index (χ3n) is 2.35. The van der Waals surface area contributed by atoms with Crippen LogP contribution >= 0.6 is 0 Å². The van der Waals surface area contributed by atoms with Crippen molar-refractivity contribution in [2.24, 2.45) is 0 Å². The number of alkyl halides is 3. The van der Waals surface area contributed by atoms with Gasteiger partial charge in [-0.05, 0) is 12.8 Å². The van der Waals surface area contributed by atoms with E-state index in [2.05, 4.69) is 19.9 Å². The van der Waals surface area contributed by atoms with Gasteiger partial charge in [0.2, 0.25) is 0 Å². The van der Waals surface area contributed by atoms with Gasteiger partial charge in [0.25, 0.3) is 0 Å². The number of halogens is 3. The molecule has 0 atom stereocenters. The average molecular weight is 221 g/mol. The summed E-state index contributed by atoms with van der Waals surface area (Å²) < 4.78 is 40.7. The van der Waals surface area contributed by atoms with Crippen molar-refractivity contribution >= 4 is 6.01 Å². The molecule has 0 aliphatic heterocycles. The Morgan fingerprint density at radius 2 is 1.87 bits per heavy atom. The van der Waals surface area contributed by atoms with E-state index in [1.54, 1.807) is 0 Å². The lowest BCUT2D eigenvalue weighted by molar-refractivity contribution is -0.156. The van der Waals surface area contributed by atoms with Crippen molar-refractivity contribution in [1.82, 2.24) is 10.2 Å². The number of hydrogen-bond donors (Lipinski definition) is 1. The number of nitrogens with zero attached hydrogens (tertiary/aromatic N) is 2. The minimum atomic E-state index is -4.57. The molecule has 0 bridgehead atoms. The molecule has 1 heterocycles. The molecule has 84 valence electrons. The Bertz CT molecular complexity index is 330. The zero-order valence-electron chi connectivity index (χ0n) is 7.84. The molecular weight excluding hydrogens is 211 g/mol. The van der Waals surface area contributed by atoms with Gasteiger partial charge in [-0.1, -0.05) is 17.9 Å². The maximum Gasteiger partial charge on any atom is 0.470 e. The standard InChI is InChI=1S/C8H10F3N3O/c9-8(10,11)6-13-14-7(15-6)12-5-3-1-2-4-5/h5H,1-4H2,(H,12,14). The molecular formula is C8H10F3N3O. The van der Waals surface area contributed by atoms with E-state index in [9.17, 15) is 13.2 Å². The highest BCUT2D eigenvalue weighted by molar-refractivity contribution is 5.20. The zero-order valence-corrected chi connectivity index (χ0v) is 7.84. The van der Waals surface area contributed by atoms with Crippen LogP contribution in [0.15, 0.2) is 4.42 Å². The molecule has 1 aromatic rings. The van der Waals surface area contributed by atoms with Crippen LogP contribution in [0, 0.1) is 0 Å². The number of aromatic nitrogens is 2. The van der Waals surface area contributed by atoms with Gasteiger partial charge in [-0.3, -0.25) is 0 Å². The molecule has 1 aliphatic carbocycles. The van der Waals surface area contributed by atoms with Crippen molar-refractivity contribution in [3.63, 3.8) is 0 Å². The Hall–Kier alpha value is -1.27. The zero-order chi connectivity index (χ0) is 10.9. The summed E-state index contributed by atoms with van der Waals surface area (Å²) in [6.45, 7) is 0. The number of hydrogen-bond acceptors (Lipinski definition) is 4. The van der Waals surface area contributed by atoms with Gasteiger partial charge in [-0.15, -0.1) is 5.10 Å². The van der Waals surface area contributed by atoms with Crippen LogP contribution in [0.4, 0.5) is 19.2 Å². The third kappa shape index (κ3) is 2.40. The summed E-state index contributed by atoms with van der Waals surface area (Å²) >= 11 is 0. The van der Waals surface area contributed by atoms with Gasteiger partial charge in [0.1, 0.15) is 0 Å². The first-order valence-corrected chi connectivity index (χ1v) is 4.73. The molecule has 7 heteroatoms. The van der Waals surface area contributed by atoms with Crippen LogP contribution in [0.1, 0.15) is 31.6 Å². The van der Waals surface area contributed by atoms with Gasteiger partial charge < -0.3 is 9.73 Å². The number of nitrogens with one attached hydrogen (secondary N) is 1. The molecule has 1 fully saturated rings. The first kappa shape index (κ1) is 10.3. The highest BCUT2D eigenvalue weighted by Crippen LogP contribution is 2.29. The first-order valence-electron chi connectivity index (χ1n) is 4.73. The normalized spacial score (nSPS) is 18.3. The fourth-order valence-electron chi connectivity index (χ4n) is 1.64. The van der Waals surface area contributed by atoms with Crippen molar-refractivity contribution in [2.45, 2.75) is 37.9 Å². The maximum atomic E-state index is 12.1.